The number of ether oxygens (including phenoxy) is 2. The van der Waals surface area contributed by atoms with Gasteiger partial charge in [-0.3, -0.25) is 9.88 Å². The lowest BCUT2D eigenvalue weighted by Crippen LogP contribution is -2.35. The first kappa shape index (κ1) is 25.6. The number of pyridine rings is 1. The number of amides is 2. The van der Waals surface area contributed by atoms with Crippen molar-refractivity contribution in [1.82, 2.24) is 9.88 Å². The first-order chi connectivity index (χ1) is 19.7. The fraction of sp³-hybridized carbons (Fsp3) is 0.152. The van der Waals surface area contributed by atoms with E-state index >= 15 is 0 Å². The van der Waals surface area contributed by atoms with Crippen LogP contribution in [0.1, 0.15) is 5.69 Å². The number of anilines is 2. The van der Waals surface area contributed by atoms with Crippen LogP contribution in [0.25, 0.3) is 21.9 Å². The fourth-order valence-electron chi connectivity index (χ4n) is 4.88. The van der Waals surface area contributed by atoms with Gasteiger partial charge in [-0.05, 0) is 47.3 Å². The predicted molar refractivity (Wildman–Crippen MR) is 159 cm³/mol. The van der Waals surface area contributed by atoms with E-state index in [9.17, 15) is 4.79 Å². The van der Waals surface area contributed by atoms with Gasteiger partial charge in [-0.1, -0.05) is 66.7 Å². The van der Waals surface area contributed by atoms with Crippen LogP contribution < -0.4 is 15.4 Å². The predicted octanol–water partition coefficient (Wildman–Crippen LogP) is 7.17. The quantitative estimate of drug-likeness (QED) is 0.233. The number of hydrogen-bond donors (Lipinski definition) is 2. The number of fused-ring (bicyclic) bond motifs is 1. The zero-order valence-corrected chi connectivity index (χ0v) is 22.0. The van der Waals surface area contributed by atoms with Gasteiger partial charge in [0, 0.05) is 36.8 Å². The number of hydrogen-bond acceptors (Lipinski definition) is 5. The molecule has 1 fully saturated rings. The average molecular weight is 531 g/mol. The largest absolute Gasteiger partial charge is 0.455 e. The molecular formula is C33H30N4O3. The Kier molecular flexibility index (Phi) is 7.66. The van der Waals surface area contributed by atoms with E-state index in [0.717, 1.165) is 66.1 Å². The summed E-state index contributed by atoms with van der Waals surface area (Å²) in [7, 11) is 0. The van der Waals surface area contributed by atoms with Gasteiger partial charge in [-0.2, -0.15) is 0 Å². The number of carbonyl (C=O) groups excluding carboxylic acids is 1. The van der Waals surface area contributed by atoms with Crippen LogP contribution in [0.5, 0.6) is 11.5 Å². The zero-order chi connectivity index (χ0) is 27.1. The Morgan fingerprint density at radius 1 is 0.775 bits per heavy atom. The lowest BCUT2D eigenvalue weighted by molar-refractivity contribution is 0.0336. The van der Waals surface area contributed by atoms with Gasteiger partial charge in [0.1, 0.15) is 5.75 Å². The number of nitrogens with zero attached hydrogens (tertiary/aromatic N) is 2. The Hall–Kier alpha value is -4.72. The van der Waals surface area contributed by atoms with E-state index in [4.69, 9.17) is 14.5 Å². The van der Waals surface area contributed by atoms with E-state index in [-0.39, 0.29) is 6.03 Å². The summed E-state index contributed by atoms with van der Waals surface area (Å²) in [4.78, 5) is 20.2. The number of urea groups is 1. The molecule has 2 heterocycles. The van der Waals surface area contributed by atoms with Crippen molar-refractivity contribution in [1.29, 1.82) is 0 Å². The molecule has 6 rings (SSSR count). The van der Waals surface area contributed by atoms with Gasteiger partial charge >= 0.3 is 6.03 Å². The molecule has 7 heteroatoms. The van der Waals surface area contributed by atoms with Crippen molar-refractivity contribution in [3.8, 4) is 22.6 Å². The van der Waals surface area contributed by atoms with Gasteiger partial charge in [-0.25, -0.2) is 4.79 Å². The van der Waals surface area contributed by atoms with Crippen LogP contribution in [-0.2, 0) is 11.3 Å². The average Bonchev–Trinajstić information content (AvgIpc) is 3.00. The smallest absolute Gasteiger partial charge is 0.323 e. The van der Waals surface area contributed by atoms with Gasteiger partial charge in [0.05, 0.1) is 30.3 Å². The lowest BCUT2D eigenvalue weighted by Gasteiger charge is -2.26. The van der Waals surface area contributed by atoms with Gasteiger partial charge in [0.25, 0.3) is 0 Å². The van der Waals surface area contributed by atoms with E-state index in [1.165, 1.54) is 0 Å². The van der Waals surface area contributed by atoms with Crippen molar-refractivity contribution in [3.63, 3.8) is 0 Å². The molecule has 5 aromatic rings. The van der Waals surface area contributed by atoms with E-state index < -0.39 is 0 Å². The number of benzene rings is 4. The maximum atomic E-state index is 13.1. The first-order valence-electron chi connectivity index (χ1n) is 13.4. The molecule has 4 aromatic carbocycles. The van der Waals surface area contributed by atoms with E-state index in [2.05, 4.69) is 33.7 Å². The summed E-state index contributed by atoms with van der Waals surface area (Å²) in [5.74, 6) is 1.26. The molecular weight excluding hydrogens is 500 g/mol. The van der Waals surface area contributed by atoms with Crippen LogP contribution in [0.3, 0.4) is 0 Å². The molecule has 0 radical (unpaired) electrons. The highest BCUT2D eigenvalue weighted by atomic mass is 16.5. The Morgan fingerprint density at radius 2 is 1.50 bits per heavy atom. The number of morpholine rings is 1. The second-order valence-corrected chi connectivity index (χ2v) is 9.62. The minimum absolute atomic E-state index is 0.351. The summed E-state index contributed by atoms with van der Waals surface area (Å²) < 4.78 is 11.4. The van der Waals surface area contributed by atoms with E-state index in [1.54, 1.807) is 0 Å². The molecule has 0 aliphatic carbocycles. The molecule has 0 spiro atoms. The zero-order valence-electron chi connectivity index (χ0n) is 22.0. The first-order valence-corrected chi connectivity index (χ1v) is 13.4. The molecule has 1 saturated heterocycles. The molecule has 1 aliphatic heterocycles. The Labute approximate surface area is 233 Å². The molecule has 0 bridgehead atoms. The Morgan fingerprint density at radius 3 is 2.30 bits per heavy atom. The second-order valence-electron chi connectivity index (χ2n) is 9.62. The third kappa shape index (κ3) is 5.96. The highest BCUT2D eigenvalue weighted by molar-refractivity contribution is 6.10. The Balaban J connectivity index is 1.19. The van der Waals surface area contributed by atoms with Crippen LogP contribution in [0.4, 0.5) is 16.2 Å². The highest BCUT2D eigenvalue weighted by Gasteiger charge is 2.14. The monoisotopic (exact) mass is 530 g/mol. The van der Waals surface area contributed by atoms with Crippen molar-refractivity contribution < 1.29 is 14.3 Å². The fourth-order valence-corrected chi connectivity index (χ4v) is 4.88. The number of carbonyl (C=O) groups is 1. The summed E-state index contributed by atoms with van der Waals surface area (Å²) >= 11 is 0. The van der Waals surface area contributed by atoms with Crippen molar-refractivity contribution in [2.75, 3.05) is 36.9 Å². The van der Waals surface area contributed by atoms with E-state index in [0.29, 0.717) is 17.2 Å². The molecule has 0 unspecified atom stereocenters. The SMILES string of the molecule is O=C(Nc1ccccc1Oc1ccccc1)Nc1ccc(-c2ccc(CN3CCOCC3)nc2)c2ccccc12. The molecule has 7 nitrogen and oxygen atoms in total. The topological polar surface area (TPSA) is 75.7 Å². The number of rotatable bonds is 7. The number of aromatic nitrogens is 1. The van der Waals surface area contributed by atoms with Crippen LogP contribution in [0.2, 0.25) is 0 Å². The summed E-state index contributed by atoms with van der Waals surface area (Å²) in [6.07, 6.45) is 1.93. The highest BCUT2D eigenvalue weighted by Crippen LogP contribution is 2.34. The normalized spacial score (nSPS) is 13.6. The standard InChI is InChI=1S/C33H30N4O3/c38-33(36-31-12-6-7-13-32(31)40-26-8-2-1-3-9-26)35-30-17-16-27(28-10-4-5-11-29(28)30)24-14-15-25(34-22-24)23-37-18-20-39-21-19-37/h1-17,22H,18-21,23H2,(H2,35,36,38). The summed E-state index contributed by atoms with van der Waals surface area (Å²) in [5, 5.41) is 7.94. The minimum Gasteiger partial charge on any atom is -0.455 e. The van der Waals surface area contributed by atoms with Crippen molar-refractivity contribution >= 4 is 28.2 Å². The van der Waals surface area contributed by atoms with Crippen molar-refractivity contribution in [2.45, 2.75) is 6.54 Å². The van der Waals surface area contributed by atoms with Crippen molar-refractivity contribution in [3.05, 3.63) is 115 Å². The van der Waals surface area contributed by atoms with Gasteiger partial charge < -0.3 is 20.1 Å². The lowest BCUT2D eigenvalue weighted by atomic mass is 9.98. The van der Waals surface area contributed by atoms with Gasteiger partial charge in [-0.15, -0.1) is 0 Å². The minimum atomic E-state index is -0.351. The molecule has 200 valence electrons. The van der Waals surface area contributed by atoms with Crippen LogP contribution in [0, 0.1) is 0 Å². The Bertz CT molecular complexity index is 1600. The summed E-state index contributed by atoms with van der Waals surface area (Å²) in [6, 6.07) is 32.7. The molecule has 1 aromatic heterocycles. The third-order valence-corrected chi connectivity index (χ3v) is 6.90. The van der Waals surface area contributed by atoms with Crippen LogP contribution >= 0.6 is 0 Å². The molecule has 2 N–H and O–H groups in total. The third-order valence-electron chi connectivity index (χ3n) is 6.90. The molecule has 0 atom stereocenters. The molecule has 2 amide bonds. The number of para-hydroxylation sites is 3. The van der Waals surface area contributed by atoms with E-state index in [1.807, 2.05) is 91.1 Å². The molecule has 40 heavy (non-hydrogen) atoms. The maximum absolute atomic E-state index is 13.1. The van der Waals surface area contributed by atoms with Crippen LogP contribution in [-0.4, -0.2) is 42.2 Å². The van der Waals surface area contributed by atoms with Crippen LogP contribution in [0.15, 0.2) is 109 Å². The van der Waals surface area contributed by atoms with Crippen molar-refractivity contribution in [2.24, 2.45) is 0 Å². The van der Waals surface area contributed by atoms with Gasteiger partial charge in [0.2, 0.25) is 0 Å². The summed E-state index contributed by atoms with van der Waals surface area (Å²) in [6.45, 7) is 4.23. The molecule has 1 aliphatic rings. The summed E-state index contributed by atoms with van der Waals surface area (Å²) in [5.41, 5.74) is 4.43. The second kappa shape index (κ2) is 12.0. The maximum Gasteiger partial charge on any atom is 0.323 e. The molecule has 0 saturated carbocycles. The number of nitrogens with one attached hydrogen (secondary N) is 2. The van der Waals surface area contributed by atoms with Gasteiger partial charge in [0.15, 0.2) is 5.75 Å².